The summed E-state index contributed by atoms with van der Waals surface area (Å²) in [6.45, 7) is 2.04. The van der Waals surface area contributed by atoms with E-state index in [9.17, 15) is 9.59 Å². The predicted molar refractivity (Wildman–Crippen MR) is 72.6 cm³/mol. The highest BCUT2D eigenvalue weighted by atomic mass is 16.4. The number of aromatic nitrogens is 2. The highest BCUT2D eigenvalue weighted by molar-refractivity contribution is 5.79. The van der Waals surface area contributed by atoms with E-state index >= 15 is 0 Å². The fourth-order valence-corrected chi connectivity index (χ4v) is 2.09. The molecule has 0 aliphatic rings. The number of nitrogens with zero attached hydrogens (tertiary/aromatic N) is 1. The highest BCUT2D eigenvalue weighted by Gasteiger charge is 2.12. The van der Waals surface area contributed by atoms with Gasteiger partial charge in [-0.1, -0.05) is 18.5 Å². The van der Waals surface area contributed by atoms with Crippen molar-refractivity contribution in [1.29, 1.82) is 0 Å². The molecule has 1 aromatic heterocycles. The number of nitrogens with one attached hydrogen (secondary N) is 2. The van der Waals surface area contributed by atoms with Gasteiger partial charge in [0.25, 0.3) is 5.56 Å². The van der Waals surface area contributed by atoms with Gasteiger partial charge in [0.05, 0.1) is 0 Å². The molecular weight excluding hydrogens is 248 g/mol. The Labute approximate surface area is 110 Å². The Hall–Kier alpha value is -2.05. The number of aromatic amines is 2. The highest BCUT2D eigenvalue weighted by Crippen LogP contribution is 2.23. The van der Waals surface area contributed by atoms with Gasteiger partial charge in [-0.2, -0.15) is 0 Å². The van der Waals surface area contributed by atoms with Gasteiger partial charge in [0.1, 0.15) is 5.84 Å². The average Bonchev–Trinajstić information content (AvgIpc) is 2.36. The zero-order valence-electron chi connectivity index (χ0n) is 11.0. The van der Waals surface area contributed by atoms with Gasteiger partial charge < -0.3 is 15.9 Å². The number of H-pyrrole nitrogens is 2. The number of hydrogen-bond donors (Lipinski definition) is 4. The number of oxime groups is 1. The van der Waals surface area contributed by atoms with E-state index in [1.807, 2.05) is 6.92 Å². The van der Waals surface area contributed by atoms with E-state index in [-0.39, 0.29) is 11.8 Å². The van der Waals surface area contributed by atoms with Gasteiger partial charge in [-0.15, -0.1) is 0 Å². The minimum Gasteiger partial charge on any atom is -0.409 e. The molecule has 1 unspecified atom stereocenters. The van der Waals surface area contributed by atoms with Gasteiger partial charge in [0.2, 0.25) is 0 Å². The van der Waals surface area contributed by atoms with Crippen LogP contribution in [0.1, 0.15) is 50.6 Å². The van der Waals surface area contributed by atoms with Crippen molar-refractivity contribution in [2.24, 2.45) is 10.9 Å². The molecule has 19 heavy (non-hydrogen) atoms. The fraction of sp³-hybridized carbons (Fsp3) is 0.583. The summed E-state index contributed by atoms with van der Waals surface area (Å²) in [7, 11) is 0. The molecule has 0 aromatic carbocycles. The molecule has 7 heteroatoms. The first-order chi connectivity index (χ1) is 9.06. The molecule has 0 aliphatic heterocycles. The molecule has 0 spiro atoms. The number of rotatable bonds is 7. The summed E-state index contributed by atoms with van der Waals surface area (Å²) < 4.78 is 0. The van der Waals surface area contributed by atoms with Crippen LogP contribution >= 0.6 is 0 Å². The molecule has 106 valence electrons. The molecule has 0 amide bonds. The summed E-state index contributed by atoms with van der Waals surface area (Å²) in [6.07, 6.45) is 3.81. The Morgan fingerprint density at radius 1 is 1.42 bits per heavy atom. The van der Waals surface area contributed by atoms with Gasteiger partial charge in [-0.25, -0.2) is 4.79 Å². The zero-order valence-corrected chi connectivity index (χ0v) is 11.0. The zero-order chi connectivity index (χ0) is 14.3. The van der Waals surface area contributed by atoms with E-state index in [0.29, 0.717) is 12.1 Å². The van der Waals surface area contributed by atoms with Crippen LogP contribution in [0.5, 0.6) is 0 Å². The van der Waals surface area contributed by atoms with Crippen LogP contribution in [0.4, 0.5) is 0 Å². The molecular formula is C12H20N4O3. The van der Waals surface area contributed by atoms with Crippen LogP contribution in [0.25, 0.3) is 0 Å². The minimum absolute atomic E-state index is 0.103. The molecule has 0 radical (unpaired) electrons. The van der Waals surface area contributed by atoms with E-state index in [4.69, 9.17) is 10.9 Å². The fourth-order valence-electron chi connectivity index (χ4n) is 2.09. The van der Waals surface area contributed by atoms with Crippen LogP contribution in [0.15, 0.2) is 20.8 Å². The van der Waals surface area contributed by atoms with E-state index in [0.717, 1.165) is 25.7 Å². The Bertz CT molecular complexity index is 504. The Balaban J connectivity index is 2.76. The van der Waals surface area contributed by atoms with Gasteiger partial charge in [0.15, 0.2) is 0 Å². The van der Waals surface area contributed by atoms with Crippen molar-refractivity contribution in [2.45, 2.75) is 44.9 Å². The second-order valence-corrected chi connectivity index (χ2v) is 4.51. The lowest BCUT2D eigenvalue weighted by Gasteiger charge is -2.15. The minimum atomic E-state index is -0.486. The van der Waals surface area contributed by atoms with Gasteiger partial charge in [-0.3, -0.25) is 9.78 Å². The monoisotopic (exact) mass is 268 g/mol. The van der Waals surface area contributed by atoms with Crippen LogP contribution in [-0.2, 0) is 0 Å². The summed E-state index contributed by atoms with van der Waals surface area (Å²) in [5.74, 6) is 0.293. The molecule has 1 heterocycles. The Morgan fingerprint density at radius 2 is 2.16 bits per heavy atom. The van der Waals surface area contributed by atoms with Crippen LogP contribution in [-0.4, -0.2) is 21.0 Å². The molecule has 0 saturated carbocycles. The third-order valence-electron chi connectivity index (χ3n) is 2.97. The lowest BCUT2D eigenvalue weighted by Crippen LogP contribution is -2.24. The van der Waals surface area contributed by atoms with Gasteiger partial charge in [0, 0.05) is 18.2 Å². The van der Waals surface area contributed by atoms with Crippen LogP contribution < -0.4 is 17.0 Å². The number of hydrogen-bond acceptors (Lipinski definition) is 4. The standard InChI is InChI=1S/C12H20N4O3/c1-2-4-8(5-3-6-10(13)16-19)9-7-11(17)15-12(18)14-9/h7-8,19H,2-6H2,1H3,(H2,13,16)(H2,14,15,17,18). The summed E-state index contributed by atoms with van der Waals surface area (Å²) >= 11 is 0. The maximum atomic E-state index is 11.3. The molecule has 1 atom stereocenters. The van der Waals surface area contributed by atoms with Crippen molar-refractivity contribution in [3.63, 3.8) is 0 Å². The third-order valence-corrected chi connectivity index (χ3v) is 2.97. The van der Waals surface area contributed by atoms with Gasteiger partial charge in [-0.05, 0) is 25.2 Å². The Kier molecular flexibility index (Phi) is 5.84. The molecule has 1 rings (SSSR count). The second-order valence-electron chi connectivity index (χ2n) is 4.51. The third kappa shape index (κ3) is 4.99. The van der Waals surface area contributed by atoms with E-state index in [1.165, 1.54) is 6.07 Å². The van der Waals surface area contributed by atoms with E-state index in [2.05, 4.69) is 15.1 Å². The topological polar surface area (TPSA) is 124 Å². The van der Waals surface area contributed by atoms with Crippen molar-refractivity contribution in [1.82, 2.24) is 9.97 Å². The van der Waals surface area contributed by atoms with Crippen LogP contribution in [0, 0.1) is 0 Å². The maximum absolute atomic E-state index is 11.3. The van der Waals surface area contributed by atoms with Crippen molar-refractivity contribution in [3.05, 3.63) is 32.6 Å². The van der Waals surface area contributed by atoms with E-state index < -0.39 is 11.2 Å². The molecule has 0 bridgehead atoms. The normalized spacial score (nSPS) is 13.4. The second kappa shape index (κ2) is 7.40. The van der Waals surface area contributed by atoms with Crippen molar-refractivity contribution < 1.29 is 5.21 Å². The predicted octanol–water partition coefficient (Wildman–Crippen LogP) is 0.864. The molecule has 5 N–H and O–H groups in total. The first-order valence-electron chi connectivity index (χ1n) is 6.36. The largest absolute Gasteiger partial charge is 0.409 e. The van der Waals surface area contributed by atoms with Crippen LogP contribution in [0.2, 0.25) is 0 Å². The smallest absolute Gasteiger partial charge is 0.325 e. The van der Waals surface area contributed by atoms with Gasteiger partial charge >= 0.3 is 5.69 Å². The first-order valence-corrected chi connectivity index (χ1v) is 6.36. The lowest BCUT2D eigenvalue weighted by atomic mass is 9.93. The lowest BCUT2D eigenvalue weighted by molar-refractivity contribution is 0.316. The summed E-state index contributed by atoms with van der Waals surface area (Å²) in [4.78, 5) is 27.4. The quantitative estimate of drug-likeness (QED) is 0.253. The van der Waals surface area contributed by atoms with Crippen LogP contribution in [0.3, 0.4) is 0 Å². The molecule has 1 aromatic rings. The first kappa shape index (κ1) is 15.0. The number of amidine groups is 1. The Morgan fingerprint density at radius 3 is 2.74 bits per heavy atom. The summed E-state index contributed by atoms with van der Waals surface area (Å²) in [6, 6.07) is 1.42. The molecule has 0 fully saturated rings. The average molecular weight is 268 g/mol. The summed E-state index contributed by atoms with van der Waals surface area (Å²) in [5.41, 5.74) is 5.18. The van der Waals surface area contributed by atoms with Crippen molar-refractivity contribution in [3.8, 4) is 0 Å². The van der Waals surface area contributed by atoms with E-state index in [1.54, 1.807) is 0 Å². The molecule has 0 aliphatic carbocycles. The molecule has 0 saturated heterocycles. The SMILES string of the molecule is CCCC(CCCC(N)=NO)c1cc(=O)[nH]c(=O)[nH]1. The van der Waals surface area contributed by atoms with Crippen molar-refractivity contribution in [2.75, 3.05) is 0 Å². The molecule has 7 nitrogen and oxygen atoms in total. The number of nitrogens with two attached hydrogens (primary N) is 1. The maximum Gasteiger partial charge on any atom is 0.325 e. The van der Waals surface area contributed by atoms with Crippen molar-refractivity contribution >= 4 is 5.84 Å². The summed E-state index contributed by atoms with van der Waals surface area (Å²) in [5, 5.41) is 11.4.